The number of hydrogen-bond donors (Lipinski definition) is 1. The molecule has 0 aliphatic heterocycles. The second-order valence-electron chi connectivity index (χ2n) is 6.73. The van der Waals surface area contributed by atoms with Crippen LogP contribution in [0.2, 0.25) is 0 Å². The molecule has 0 saturated carbocycles. The molecule has 0 aliphatic rings. The Morgan fingerprint density at radius 1 is 1.13 bits per heavy atom. The van der Waals surface area contributed by atoms with E-state index in [1.807, 2.05) is 55.7 Å². The van der Waals surface area contributed by atoms with Gasteiger partial charge in [-0.3, -0.25) is 4.79 Å². The Labute approximate surface area is 184 Å². The van der Waals surface area contributed by atoms with Crippen molar-refractivity contribution in [2.45, 2.75) is 43.4 Å². The first-order chi connectivity index (χ1) is 14.4. The third kappa shape index (κ3) is 6.17. The van der Waals surface area contributed by atoms with E-state index < -0.39 is 0 Å². The molecule has 7 nitrogen and oxygen atoms in total. The van der Waals surface area contributed by atoms with Crippen LogP contribution in [-0.2, 0) is 17.1 Å². The molecule has 1 N–H and O–H groups in total. The molecule has 0 spiro atoms. The average molecular weight is 441 g/mol. The van der Waals surface area contributed by atoms with Gasteiger partial charge in [-0.1, -0.05) is 41.7 Å². The van der Waals surface area contributed by atoms with E-state index in [2.05, 4.69) is 32.1 Å². The summed E-state index contributed by atoms with van der Waals surface area (Å²) in [6.45, 7) is 10.3. The van der Waals surface area contributed by atoms with E-state index in [4.69, 9.17) is 0 Å². The molecule has 2 heterocycles. The van der Waals surface area contributed by atoms with Crippen molar-refractivity contribution in [3.8, 4) is 0 Å². The maximum absolute atomic E-state index is 12.3. The van der Waals surface area contributed by atoms with Crippen molar-refractivity contribution in [2.75, 3.05) is 11.1 Å². The molecule has 0 bridgehead atoms. The van der Waals surface area contributed by atoms with Crippen LogP contribution in [-0.4, -0.2) is 36.4 Å². The number of aromatic nitrogens is 5. The summed E-state index contributed by atoms with van der Waals surface area (Å²) in [5.41, 5.74) is 3.77. The van der Waals surface area contributed by atoms with Crippen LogP contribution in [0.5, 0.6) is 0 Å². The highest BCUT2D eigenvalue weighted by Gasteiger charge is 2.15. The van der Waals surface area contributed by atoms with Crippen molar-refractivity contribution in [2.24, 2.45) is 0 Å². The number of anilines is 1. The van der Waals surface area contributed by atoms with Gasteiger partial charge in [0.2, 0.25) is 5.91 Å². The van der Waals surface area contributed by atoms with Crippen LogP contribution >= 0.6 is 23.5 Å². The van der Waals surface area contributed by atoms with E-state index in [-0.39, 0.29) is 11.7 Å². The quantitative estimate of drug-likeness (QED) is 0.303. The molecule has 0 atom stereocenters. The van der Waals surface area contributed by atoms with Crippen molar-refractivity contribution in [3.63, 3.8) is 0 Å². The summed E-state index contributed by atoms with van der Waals surface area (Å²) in [5.74, 6) is 1.54. The Morgan fingerprint density at radius 3 is 2.60 bits per heavy atom. The summed E-state index contributed by atoms with van der Waals surface area (Å²) in [6.07, 6.45) is 1.79. The topological polar surface area (TPSA) is 85.6 Å². The number of carbonyl (C=O) groups is 1. The second-order valence-corrected chi connectivity index (χ2v) is 8.61. The van der Waals surface area contributed by atoms with Gasteiger partial charge in [0.25, 0.3) is 0 Å². The summed E-state index contributed by atoms with van der Waals surface area (Å²) in [6, 6.07) is 9.67. The lowest BCUT2D eigenvalue weighted by Gasteiger charge is -2.08. The van der Waals surface area contributed by atoms with E-state index in [1.165, 1.54) is 23.5 Å². The highest BCUT2D eigenvalue weighted by molar-refractivity contribution is 7.99. The molecule has 1 amide bonds. The fourth-order valence-electron chi connectivity index (χ4n) is 2.78. The Balaban J connectivity index is 1.63. The van der Waals surface area contributed by atoms with Crippen molar-refractivity contribution >= 4 is 35.1 Å². The molecule has 9 heteroatoms. The number of benzene rings is 1. The summed E-state index contributed by atoms with van der Waals surface area (Å²) in [7, 11) is 0. The van der Waals surface area contributed by atoms with Crippen LogP contribution < -0.4 is 5.32 Å². The van der Waals surface area contributed by atoms with E-state index >= 15 is 0 Å². The fraction of sp³-hybridized carbons (Fsp3) is 0.286. The minimum Gasteiger partial charge on any atom is -0.325 e. The van der Waals surface area contributed by atoms with Gasteiger partial charge in [0, 0.05) is 23.6 Å². The average Bonchev–Trinajstić information content (AvgIpc) is 3.06. The first-order valence-electron chi connectivity index (χ1n) is 9.42. The van der Waals surface area contributed by atoms with Gasteiger partial charge in [0.05, 0.1) is 11.5 Å². The molecule has 156 valence electrons. The number of rotatable bonds is 9. The molecule has 0 saturated heterocycles. The Kier molecular flexibility index (Phi) is 7.64. The van der Waals surface area contributed by atoms with Crippen molar-refractivity contribution in [1.82, 2.24) is 24.7 Å². The van der Waals surface area contributed by atoms with Gasteiger partial charge >= 0.3 is 0 Å². The number of hydrogen-bond acceptors (Lipinski definition) is 7. The molecule has 1 aromatic carbocycles. The standard InChI is InChI=1S/C21H24N6OS2/c1-5-9-27-18(12-29-20-22-15(3)11-16(4)23-20)25-26-21(27)30-13-19(28)24-17-8-6-7-14(2)10-17/h5-8,10-11H,1,9,12-13H2,2-4H3,(H,24,28). The smallest absolute Gasteiger partial charge is 0.234 e. The molecule has 30 heavy (non-hydrogen) atoms. The molecule has 0 radical (unpaired) electrons. The normalized spacial score (nSPS) is 10.8. The predicted molar refractivity (Wildman–Crippen MR) is 122 cm³/mol. The number of thioether (sulfide) groups is 2. The van der Waals surface area contributed by atoms with Crippen LogP contribution in [0, 0.1) is 20.8 Å². The second kappa shape index (κ2) is 10.4. The molecule has 2 aromatic heterocycles. The lowest BCUT2D eigenvalue weighted by atomic mass is 10.2. The Bertz CT molecular complexity index is 1030. The molecule has 3 rings (SSSR count). The number of carbonyl (C=O) groups excluding carboxylic acids is 1. The molecule has 3 aromatic rings. The van der Waals surface area contributed by atoms with E-state index in [1.54, 1.807) is 6.08 Å². The van der Waals surface area contributed by atoms with Crippen molar-refractivity contribution < 1.29 is 4.79 Å². The molecular formula is C21H24N6OS2. The molecule has 0 unspecified atom stereocenters. The first-order valence-corrected chi connectivity index (χ1v) is 11.4. The summed E-state index contributed by atoms with van der Waals surface area (Å²) >= 11 is 2.87. The molecule has 0 fully saturated rings. The summed E-state index contributed by atoms with van der Waals surface area (Å²) in [4.78, 5) is 21.2. The van der Waals surface area contributed by atoms with Crippen LogP contribution in [0.15, 0.2) is 53.3 Å². The third-order valence-corrected chi connectivity index (χ3v) is 5.84. The predicted octanol–water partition coefficient (Wildman–Crippen LogP) is 4.20. The summed E-state index contributed by atoms with van der Waals surface area (Å²) < 4.78 is 1.97. The monoisotopic (exact) mass is 440 g/mol. The zero-order valence-electron chi connectivity index (χ0n) is 17.3. The number of aryl methyl sites for hydroxylation is 3. The Morgan fingerprint density at radius 2 is 1.90 bits per heavy atom. The minimum atomic E-state index is -0.0849. The van der Waals surface area contributed by atoms with Gasteiger partial charge in [0.15, 0.2) is 10.3 Å². The largest absolute Gasteiger partial charge is 0.325 e. The van der Waals surface area contributed by atoms with Gasteiger partial charge in [-0.25, -0.2) is 9.97 Å². The number of nitrogens with one attached hydrogen (secondary N) is 1. The fourth-order valence-corrected chi connectivity index (χ4v) is 4.44. The Hall–Kier alpha value is -2.65. The van der Waals surface area contributed by atoms with E-state index in [0.717, 1.165) is 28.5 Å². The molecule has 0 aliphatic carbocycles. The summed E-state index contributed by atoms with van der Waals surface area (Å²) in [5, 5.41) is 12.9. The van der Waals surface area contributed by atoms with Gasteiger partial charge in [-0.15, -0.1) is 16.8 Å². The molecular weight excluding hydrogens is 416 g/mol. The third-order valence-electron chi connectivity index (χ3n) is 4.03. The van der Waals surface area contributed by atoms with Crippen molar-refractivity contribution in [3.05, 3.63) is 65.8 Å². The number of allylic oxidation sites excluding steroid dienone is 1. The van der Waals surface area contributed by atoms with E-state index in [0.29, 0.717) is 22.6 Å². The number of nitrogens with zero attached hydrogens (tertiary/aromatic N) is 5. The van der Waals surface area contributed by atoms with Crippen molar-refractivity contribution in [1.29, 1.82) is 0 Å². The van der Waals surface area contributed by atoms with Crippen LogP contribution in [0.25, 0.3) is 0 Å². The first kappa shape index (κ1) is 22.0. The van der Waals surface area contributed by atoms with Crippen LogP contribution in [0.4, 0.5) is 5.69 Å². The van der Waals surface area contributed by atoms with Crippen LogP contribution in [0.1, 0.15) is 22.8 Å². The SMILES string of the molecule is C=CCn1c(CSc2nc(C)cc(C)n2)nnc1SCC(=O)Nc1cccc(C)c1. The minimum absolute atomic E-state index is 0.0849. The van der Waals surface area contributed by atoms with Crippen LogP contribution in [0.3, 0.4) is 0 Å². The zero-order chi connectivity index (χ0) is 21.5. The maximum Gasteiger partial charge on any atom is 0.234 e. The lowest BCUT2D eigenvalue weighted by molar-refractivity contribution is -0.113. The van der Waals surface area contributed by atoms with Gasteiger partial charge in [0.1, 0.15) is 5.82 Å². The van der Waals surface area contributed by atoms with Gasteiger partial charge < -0.3 is 9.88 Å². The number of amides is 1. The van der Waals surface area contributed by atoms with Gasteiger partial charge in [-0.2, -0.15) is 0 Å². The maximum atomic E-state index is 12.3. The highest BCUT2D eigenvalue weighted by atomic mass is 32.2. The van der Waals surface area contributed by atoms with E-state index in [9.17, 15) is 4.79 Å². The highest BCUT2D eigenvalue weighted by Crippen LogP contribution is 2.23. The zero-order valence-corrected chi connectivity index (χ0v) is 18.9. The lowest BCUT2D eigenvalue weighted by Crippen LogP contribution is -2.14. The van der Waals surface area contributed by atoms with Gasteiger partial charge in [-0.05, 0) is 44.5 Å².